The van der Waals surface area contributed by atoms with Crippen molar-refractivity contribution in [1.29, 1.82) is 5.26 Å². The first-order chi connectivity index (χ1) is 29.7. The van der Waals surface area contributed by atoms with Crippen molar-refractivity contribution in [3.8, 4) is 28.6 Å². The second-order valence-electron chi connectivity index (χ2n) is 14.2. The Balaban J connectivity index is 0.000000320. The van der Waals surface area contributed by atoms with Crippen LogP contribution < -0.4 is 19.7 Å². The van der Waals surface area contributed by atoms with Gasteiger partial charge in [0.05, 0.1) is 68.3 Å². The Hall–Kier alpha value is -4.69. The van der Waals surface area contributed by atoms with E-state index in [1.54, 1.807) is 27.0 Å². The van der Waals surface area contributed by atoms with Crippen LogP contribution in [0.15, 0.2) is 122 Å². The third kappa shape index (κ3) is 17.1. The number of halogens is 4. The molecule has 0 aliphatic rings. The van der Waals surface area contributed by atoms with Gasteiger partial charge in [-0.25, -0.2) is 26.7 Å². The molecule has 0 atom stereocenters. The number of nitriles is 1. The van der Waals surface area contributed by atoms with E-state index in [4.69, 9.17) is 24.0 Å². The summed E-state index contributed by atoms with van der Waals surface area (Å²) in [5, 5.41) is 9.58. The zero-order valence-electron chi connectivity index (χ0n) is 37.3. The number of nitrogens with zero attached hydrogens (tertiary/aromatic N) is 3. The molecular weight excluding hydrogens is 1010 g/mol. The van der Waals surface area contributed by atoms with Crippen LogP contribution in [0.4, 0.5) is 17.6 Å². The van der Waals surface area contributed by atoms with Gasteiger partial charge in [0.2, 0.25) is 11.4 Å². The van der Waals surface area contributed by atoms with Crippen LogP contribution in [-0.4, -0.2) is 46.8 Å². The molecular formula is C50H58F4IrN3O4P+2. The molecule has 0 saturated carbocycles. The Kier molecular flexibility index (Phi) is 24.3. The first kappa shape index (κ1) is 54.4. The number of hydrogen-bond donors (Lipinski definition) is 0. The third-order valence-corrected chi connectivity index (χ3v) is 12.2. The number of ether oxygens (including phenoxy) is 3. The summed E-state index contributed by atoms with van der Waals surface area (Å²) in [5.74, 6) is -2.13. The van der Waals surface area contributed by atoms with Crippen LogP contribution in [0.1, 0.15) is 29.2 Å². The van der Waals surface area contributed by atoms with Crippen LogP contribution in [0.5, 0.6) is 0 Å². The quantitative estimate of drug-likeness (QED) is 0.0358. The summed E-state index contributed by atoms with van der Waals surface area (Å²) < 4.78 is 79.6. The maximum absolute atomic E-state index is 13.9. The predicted molar refractivity (Wildman–Crippen MR) is 240 cm³/mol. The maximum atomic E-state index is 13.9. The van der Waals surface area contributed by atoms with Crippen molar-refractivity contribution in [3.63, 3.8) is 0 Å². The minimum Gasteiger partial charge on any atom is -0.382 e. The number of hydrogen-bond acceptors (Lipinski definition) is 5. The minimum absolute atomic E-state index is 0. The summed E-state index contributed by atoms with van der Waals surface area (Å²) >= 11 is 0. The molecule has 63 heavy (non-hydrogen) atoms. The molecule has 0 N–H and O–H groups in total. The van der Waals surface area contributed by atoms with E-state index in [2.05, 4.69) is 30.9 Å². The molecule has 13 heteroatoms. The van der Waals surface area contributed by atoms with Gasteiger partial charge < -0.3 is 14.2 Å². The van der Waals surface area contributed by atoms with Crippen molar-refractivity contribution in [2.75, 3.05) is 46.8 Å². The fourth-order valence-electron chi connectivity index (χ4n) is 6.25. The Labute approximate surface area is 385 Å². The second-order valence-corrected chi connectivity index (χ2v) is 17.0. The molecule has 0 aliphatic heterocycles. The van der Waals surface area contributed by atoms with E-state index in [0.29, 0.717) is 61.9 Å². The average Bonchev–Trinajstić information content (AvgIpc) is 3.23. The second kappa shape index (κ2) is 28.2. The Morgan fingerprint density at radius 1 is 0.587 bits per heavy atom. The standard InChI is InChI=1S/C20H27O4P.2C14H14F2N.C2H3N.Ir/c1-21-13-14-22-15-16-23-17-18-24-25(2,19-9-5-3-6-10-19)20-11-7-4-8-12-20;2*1-9-4-5-17(3)13(6-9)14-10(2)7-11(15)8-12(14)16;1-2-3;/h3-12H,2,13-18H2,1H3;2*4-8H,1-3H3;1H3;/q;2*+1;;. The zero-order valence-corrected chi connectivity index (χ0v) is 40.6. The van der Waals surface area contributed by atoms with Crippen LogP contribution in [0.2, 0.25) is 0 Å². The van der Waals surface area contributed by atoms with E-state index in [-0.39, 0.29) is 20.1 Å². The summed E-state index contributed by atoms with van der Waals surface area (Å²) in [6.07, 6.45) is 3.74. The van der Waals surface area contributed by atoms with Gasteiger partial charge in [-0.1, -0.05) is 36.4 Å². The summed E-state index contributed by atoms with van der Waals surface area (Å²) in [5.41, 5.74) is 5.70. The minimum atomic E-state index is -2.12. The number of pyridine rings is 2. The first-order valence-corrected chi connectivity index (χ1v) is 21.8. The SMILES string of the molecule is CC#N.Cc1cc[n+](C)c(-c2c(C)cc(F)cc2F)c1.Cc1cc[n+](C)c(-c2c(C)cc(F)cc2F)c1.[CH2-][P+](OCCOCCOCCOC)(c1ccccc1)c1ccccc1.[Ir]. The molecule has 6 aromatic rings. The molecule has 6 rings (SSSR count). The van der Waals surface area contributed by atoms with Gasteiger partial charge in [-0.2, -0.15) is 5.26 Å². The smallest absolute Gasteiger partial charge is 0.215 e. The van der Waals surface area contributed by atoms with E-state index < -0.39 is 30.8 Å². The molecule has 337 valence electrons. The van der Waals surface area contributed by atoms with Crippen LogP contribution in [0.3, 0.4) is 0 Å². The maximum Gasteiger partial charge on any atom is 0.215 e. The molecule has 0 aliphatic carbocycles. The van der Waals surface area contributed by atoms with E-state index in [1.165, 1.54) is 19.1 Å². The van der Waals surface area contributed by atoms with Gasteiger partial charge in [-0.15, -0.1) is 6.66 Å². The zero-order chi connectivity index (χ0) is 45.7. The summed E-state index contributed by atoms with van der Waals surface area (Å²) in [6, 6.07) is 34.4. The van der Waals surface area contributed by atoms with Gasteiger partial charge in [-0.05, 0) is 86.3 Å². The number of benzene rings is 4. The molecule has 0 spiro atoms. The predicted octanol–water partition coefficient (Wildman–Crippen LogP) is 9.73. The van der Waals surface area contributed by atoms with Gasteiger partial charge >= 0.3 is 0 Å². The summed E-state index contributed by atoms with van der Waals surface area (Å²) in [7, 11) is 3.22. The Morgan fingerprint density at radius 2 is 0.952 bits per heavy atom. The van der Waals surface area contributed by atoms with Gasteiger partial charge in [0.1, 0.15) is 44.0 Å². The van der Waals surface area contributed by atoms with Crippen LogP contribution >= 0.6 is 7.49 Å². The monoisotopic (exact) mass is 1060 g/mol. The topological polar surface area (TPSA) is 68.5 Å². The number of aromatic nitrogens is 2. The van der Waals surface area contributed by atoms with Crippen LogP contribution in [-0.2, 0) is 52.9 Å². The average molecular weight is 1060 g/mol. The normalized spacial score (nSPS) is 10.5. The first-order valence-electron chi connectivity index (χ1n) is 20.0. The molecule has 1 radical (unpaired) electrons. The molecule has 0 bridgehead atoms. The van der Waals surface area contributed by atoms with E-state index in [0.717, 1.165) is 45.3 Å². The van der Waals surface area contributed by atoms with Gasteiger partial charge in [-0.3, -0.25) is 4.52 Å². The number of rotatable bonds is 14. The Bertz CT molecular complexity index is 2160. The van der Waals surface area contributed by atoms with Gasteiger partial charge in [0, 0.05) is 70.5 Å². The van der Waals surface area contributed by atoms with Crippen molar-refractivity contribution >= 4 is 18.1 Å². The van der Waals surface area contributed by atoms with Crippen molar-refractivity contribution in [2.45, 2.75) is 34.6 Å². The van der Waals surface area contributed by atoms with E-state index in [9.17, 15) is 17.6 Å². The van der Waals surface area contributed by atoms with Crippen molar-refractivity contribution < 1.29 is 65.5 Å². The summed E-state index contributed by atoms with van der Waals surface area (Å²) in [4.78, 5) is 0. The fourth-order valence-corrected chi connectivity index (χ4v) is 8.54. The largest absolute Gasteiger partial charge is 0.382 e. The molecule has 0 unspecified atom stereocenters. The number of methoxy groups -OCH3 is 1. The van der Waals surface area contributed by atoms with Crippen molar-refractivity contribution in [1.82, 2.24) is 0 Å². The van der Waals surface area contributed by atoms with Gasteiger partial charge in [0.15, 0.2) is 12.4 Å². The molecule has 7 nitrogen and oxygen atoms in total. The van der Waals surface area contributed by atoms with Crippen LogP contribution in [0.25, 0.3) is 22.5 Å². The molecule has 0 fully saturated rings. The Morgan fingerprint density at radius 3 is 1.32 bits per heavy atom. The fraction of sp³-hybridized carbons (Fsp3) is 0.280. The van der Waals surface area contributed by atoms with Crippen molar-refractivity contribution in [2.24, 2.45) is 14.1 Å². The third-order valence-electron chi connectivity index (χ3n) is 9.32. The van der Waals surface area contributed by atoms with Crippen molar-refractivity contribution in [3.05, 3.63) is 174 Å². The molecule has 0 amide bonds. The molecule has 4 aromatic carbocycles. The molecule has 2 heterocycles. The number of aryl methyl sites for hydroxylation is 6. The van der Waals surface area contributed by atoms with Crippen LogP contribution in [0, 0.1) is 69.0 Å². The molecule has 2 aromatic heterocycles. The van der Waals surface area contributed by atoms with Gasteiger partial charge in [0.25, 0.3) is 0 Å². The molecule has 0 saturated heterocycles. The summed E-state index contributed by atoms with van der Waals surface area (Å²) in [6.45, 7) is 16.5. The van der Waals surface area contributed by atoms with E-state index in [1.807, 2.05) is 110 Å². The van der Waals surface area contributed by atoms with E-state index >= 15 is 0 Å².